The van der Waals surface area contributed by atoms with Gasteiger partial charge in [0.2, 0.25) is 0 Å². The number of nitrogens with one attached hydrogen (secondary N) is 1. The minimum atomic E-state index is 1.02. The van der Waals surface area contributed by atoms with E-state index >= 15 is 0 Å². The summed E-state index contributed by atoms with van der Waals surface area (Å²) in [4.78, 5) is 11.9. The molecule has 0 atom stereocenters. The maximum absolute atomic E-state index is 4.46. The number of pyridine rings is 1. The molecule has 3 heteroatoms. The van der Waals surface area contributed by atoms with Gasteiger partial charge in [0.05, 0.1) is 17.4 Å². The molecule has 0 aliphatic heterocycles. The molecule has 0 amide bonds. The van der Waals surface area contributed by atoms with E-state index in [0.29, 0.717) is 0 Å². The van der Waals surface area contributed by atoms with E-state index in [4.69, 9.17) is 0 Å². The molecule has 3 aromatic carbocycles. The lowest BCUT2D eigenvalue weighted by atomic mass is 9.97. The summed E-state index contributed by atoms with van der Waals surface area (Å²) < 4.78 is 0. The highest BCUT2D eigenvalue weighted by molar-refractivity contribution is 6.23. The molecular weight excluding hydrogens is 258 g/mol. The van der Waals surface area contributed by atoms with E-state index in [1.165, 1.54) is 32.3 Å². The number of nitrogens with zero attached hydrogens (tertiary/aromatic N) is 2. The van der Waals surface area contributed by atoms with E-state index in [1.54, 1.807) is 6.33 Å². The molecule has 0 saturated carbocycles. The van der Waals surface area contributed by atoms with Crippen LogP contribution in [0.5, 0.6) is 0 Å². The normalized spacial score (nSPS) is 11.8. The molecule has 5 rings (SSSR count). The molecule has 0 unspecified atom stereocenters. The molecule has 0 radical (unpaired) electrons. The largest absolute Gasteiger partial charge is 0.345 e. The molecule has 2 heterocycles. The summed E-state index contributed by atoms with van der Waals surface area (Å²) in [6, 6.07) is 15.0. The Morgan fingerprint density at radius 1 is 0.762 bits per heavy atom. The summed E-state index contributed by atoms with van der Waals surface area (Å²) in [5.41, 5.74) is 2.09. The van der Waals surface area contributed by atoms with Crippen LogP contribution in [0.4, 0.5) is 0 Å². The second-order valence-corrected chi connectivity index (χ2v) is 5.29. The third-order valence-corrected chi connectivity index (χ3v) is 4.18. The van der Waals surface area contributed by atoms with E-state index in [9.17, 15) is 0 Å². The van der Waals surface area contributed by atoms with Gasteiger partial charge in [-0.3, -0.25) is 4.98 Å². The van der Waals surface area contributed by atoms with E-state index < -0.39 is 0 Å². The van der Waals surface area contributed by atoms with Crippen LogP contribution in [0.2, 0.25) is 0 Å². The van der Waals surface area contributed by atoms with Gasteiger partial charge < -0.3 is 4.98 Å². The Bertz CT molecular complexity index is 1140. The molecular formula is C18H11N3. The lowest BCUT2D eigenvalue weighted by Gasteiger charge is -2.08. The van der Waals surface area contributed by atoms with Crippen molar-refractivity contribution in [1.29, 1.82) is 0 Å². The molecule has 21 heavy (non-hydrogen) atoms. The van der Waals surface area contributed by atoms with Crippen molar-refractivity contribution in [3.05, 3.63) is 61.2 Å². The SMILES string of the molecule is c1cc2ccc3ccc4c(ccc5[nH]cnc54)c3c2cn1. The standard InChI is InChI=1S/C18H11N3/c1-2-12-3-4-14-13(5-6-16-18(14)21-10-20-16)17(12)15-9-19-8-7-11(1)15/h1-10H,(H,20,21). The van der Waals surface area contributed by atoms with Crippen LogP contribution in [0.15, 0.2) is 61.2 Å². The molecule has 0 fully saturated rings. The Labute approximate surface area is 120 Å². The fourth-order valence-electron chi connectivity index (χ4n) is 3.21. The summed E-state index contributed by atoms with van der Waals surface area (Å²) in [6.45, 7) is 0. The van der Waals surface area contributed by atoms with Crippen LogP contribution in [0.1, 0.15) is 0 Å². The first-order chi connectivity index (χ1) is 10.4. The van der Waals surface area contributed by atoms with Crippen LogP contribution in [0.3, 0.4) is 0 Å². The third-order valence-electron chi connectivity index (χ3n) is 4.18. The zero-order valence-electron chi connectivity index (χ0n) is 11.2. The Morgan fingerprint density at radius 3 is 2.62 bits per heavy atom. The molecule has 0 spiro atoms. The summed E-state index contributed by atoms with van der Waals surface area (Å²) in [5, 5.41) is 7.30. The van der Waals surface area contributed by atoms with Gasteiger partial charge in [-0.25, -0.2) is 4.98 Å². The first kappa shape index (κ1) is 10.8. The summed E-state index contributed by atoms with van der Waals surface area (Å²) in [7, 11) is 0. The number of fused-ring (bicyclic) bond motifs is 7. The van der Waals surface area contributed by atoms with E-state index in [-0.39, 0.29) is 0 Å². The number of rotatable bonds is 0. The maximum Gasteiger partial charge on any atom is 0.0961 e. The Balaban J connectivity index is 2.14. The molecule has 0 aliphatic carbocycles. The van der Waals surface area contributed by atoms with Gasteiger partial charge in [0.25, 0.3) is 0 Å². The van der Waals surface area contributed by atoms with Crippen LogP contribution < -0.4 is 0 Å². The third kappa shape index (κ3) is 1.37. The van der Waals surface area contributed by atoms with Gasteiger partial charge in [-0.1, -0.05) is 30.3 Å². The van der Waals surface area contributed by atoms with Crippen molar-refractivity contribution in [1.82, 2.24) is 15.0 Å². The minimum Gasteiger partial charge on any atom is -0.345 e. The van der Waals surface area contributed by atoms with Gasteiger partial charge in [0.15, 0.2) is 0 Å². The Morgan fingerprint density at radius 2 is 1.62 bits per heavy atom. The predicted molar refractivity (Wildman–Crippen MR) is 86.4 cm³/mol. The van der Waals surface area contributed by atoms with Gasteiger partial charge in [-0.05, 0) is 33.7 Å². The van der Waals surface area contributed by atoms with Crippen molar-refractivity contribution >= 4 is 43.4 Å². The van der Waals surface area contributed by atoms with Gasteiger partial charge in [-0.15, -0.1) is 0 Å². The molecule has 3 nitrogen and oxygen atoms in total. The molecule has 1 N–H and O–H groups in total. The van der Waals surface area contributed by atoms with Crippen molar-refractivity contribution in [2.24, 2.45) is 0 Å². The number of aromatic nitrogens is 3. The fraction of sp³-hybridized carbons (Fsp3) is 0. The van der Waals surface area contributed by atoms with Gasteiger partial charge in [0, 0.05) is 23.2 Å². The highest BCUT2D eigenvalue weighted by Crippen LogP contribution is 2.34. The quantitative estimate of drug-likeness (QED) is 0.423. The van der Waals surface area contributed by atoms with E-state index in [0.717, 1.165) is 11.0 Å². The number of hydrogen-bond donors (Lipinski definition) is 1. The van der Waals surface area contributed by atoms with Crippen molar-refractivity contribution in [2.45, 2.75) is 0 Å². The smallest absolute Gasteiger partial charge is 0.0961 e. The first-order valence-electron chi connectivity index (χ1n) is 6.93. The molecule has 0 bridgehead atoms. The fourth-order valence-corrected chi connectivity index (χ4v) is 3.21. The Kier molecular flexibility index (Phi) is 1.95. The Hall–Kier alpha value is -2.94. The van der Waals surface area contributed by atoms with Gasteiger partial charge in [0.1, 0.15) is 0 Å². The maximum atomic E-state index is 4.46. The molecule has 0 aliphatic rings. The van der Waals surface area contributed by atoms with Crippen molar-refractivity contribution in [3.8, 4) is 0 Å². The van der Waals surface area contributed by atoms with Crippen LogP contribution in [0.25, 0.3) is 43.4 Å². The second kappa shape index (κ2) is 3.79. The second-order valence-electron chi connectivity index (χ2n) is 5.29. The number of imidazole rings is 1. The zero-order valence-corrected chi connectivity index (χ0v) is 11.2. The lowest BCUT2D eigenvalue weighted by Crippen LogP contribution is -1.83. The highest BCUT2D eigenvalue weighted by Gasteiger charge is 2.08. The van der Waals surface area contributed by atoms with E-state index in [1.807, 2.05) is 12.4 Å². The number of H-pyrrole nitrogens is 1. The number of aromatic amines is 1. The average Bonchev–Trinajstić information content (AvgIpc) is 3.03. The first-order valence-corrected chi connectivity index (χ1v) is 6.93. The topological polar surface area (TPSA) is 41.6 Å². The van der Waals surface area contributed by atoms with Gasteiger partial charge >= 0.3 is 0 Å². The summed E-state index contributed by atoms with van der Waals surface area (Å²) >= 11 is 0. The van der Waals surface area contributed by atoms with Crippen LogP contribution >= 0.6 is 0 Å². The summed E-state index contributed by atoms with van der Waals surface area (Å²) in [5.74, 6) is 0. The lowest BCUT2D eigenvalue weighted by molar-refractivity contribution is 1.35. The summed E-state index contributed by atoms with van der Waals surface area (Å²) in [6.07, 6.45) is 5.54. The number of benzene rings is 3. The highest BCUT2D eigenvalue weighted by atomic mass is 14.9. The predicted octanol–water partition coefficient (Wildman–Crippen LogP) is 4.42. The van der Waals surface area contributed by atoms with Crippen LogP contribution in [0, 0.1) is 0 Å². The monoisotopic (exact) mass is 269 g/mol. The zero-order chi connectivity index (χ0) is 13.8. The van der Waals surface area contributed by atoms with Crippen LogP contribution in [-0.2, 0) is 0 Å². The van der Waals surface area contributed by atoms with Crippen molar-refractivity contribution in [2.75, 3.05) is 0 Å². The van der Waals surface area contributed by atoms with Crippen LogP contribution in [-0.4, -0.2) is 15.0 Å². The van der Waals surface area contributed by atoms with E-state index in [2.05, 4.69) is 57.4 Å². The molecule has 5 aromatic rings. The van der Waals surface area contributed by atoms with Crippen molar-refractivity contribution in [3.63, 3.8) is 0 Å². The number of hydrogen-bond acceptors (Lipinski definition) is 2. The van der Waals surface area contributed by atoms with Gasteiger partial charge in [-0.2, -0.15) is 0 Å². The van der Waals surface area contributed by atoms with Crippen molar-refractivity contribution < 1.29 is 0 Å². The average molecular weight is 269 g/mol. The molecule has 2 aromatic heterocycles. The molecule has 98 valence electrons. The minimum absolute atomic E-state index is 1.02. The molecule has 0 saturated heterocycles.